The molecule has 0 aliphatic rings. The molecule has 0 bridgehead atoms. The van der Waals surface area contributed by atoms with Crippen LogP contribution in [0.25, 0.3) is 0 Å². The highest BCUT2D eigenvalue weighted by Crippen LogP contribution is 2.31. The molecule has 0 fully saturated rings. The Morgan fingerprint density at radius 2 is 1.73 bits per heavy atom. The summed E-state index contributed by atoms with van der Waals surface area (Å²) in [5.74, 6) is -3.05. The Hall–Kier alpha value is -1.65. The number of carbonyl (C=O) groups is 3. The minimum absolute atomic E-state index is 0.176. The number of carboxylic acid groups (broad SMARTS) is 2. The second-order valence-corrected chi connectivity index (χ2v) is 3.49. The molecule has 0 aliphatic heterocycles. The fraction of sp³-hybridized carbons (Fsp3) is 0.500. The number of carboxylic acids is 2. The predicted octanol–water partition coefficient (Wildman–Crippen LogP) is 1.09. The Bertz CT molecular complexity index is 318. The Balaban J connectivity index is 5.07. The first-order valence-electron chi connectivity index (χ1n) is 4.43. The van der Waals surface area contributed by atoms with Crippen LogP contribution in [0.2, 0.25) is 0 Å². The molecule has 1 unspecified atom stereocenters. The van der Waals surface area contributed by atoms with E-state index in [1.165, 1.54) is 6.92 Å². The average molecular weight is 214 g/mol. The van der Waals surface area contributed by atoms with Crippen molar-refractivity contribution in [3.8, 4) is 0 Å². The van der Waals surface area contributed by atoms with E-state index in [1.807, 2.05) is 0 Å². The number of aliphatic carboxylic acids is 2. The van der Waals surface area contributed by atoms with Crippen molar-refractivity contribution < 1.29 is 24.6 Å². The molecule has 0 spiro atoms. The minimum Gasteiger partial charge on any atom is -0.481 e. The minimum atomic E-state index is -1.72. The van der Waals surface area contributed by atoms with E-state index in [4.69, 9.17) is 10.2 Å². The molecule has 1 atom stereocenters. The van der Waals surface area contributed by atoms with Gasteiger partial charge in [-0.15, -0.1) is 0 Å². The van der Waals surface area contributed by atoms with Gasteiger partial charge < -0.3 is 10.2 Å². The fourth-order valence-corrected chi connectivity index (χ4v) is 1.07. The molecule has 5 heteroatoms. The molecule has 0 aromatic rings. The second-order valence-electron chi connectivity index (χ2n) is 3.49. The van der Waals surface area contributed by atoms with Gasteiger partial charge in [0.25, 0.3) is 0 Å². The quantitative estimate of drug-likeness (QED) is 0.645. The van der Waals surface area contributed by atoms with Crippen LogP contribution in [-0.4, -0.2) is 27.9 Å². The van der Waals surface area contributed by atoms with Crippen LogP contribution in [0.4, 0.5) is 0 Å². The maximum absolute atomic E-state index is 11.2. The van der Waals surface area contributed by atoms with Crippen LogP contribution in [0, 0.1) is 5.41 Å². The third kappa shape index (κ3) is 2.90. The van der Waals surface area contributed by atoms with E-state index < -0.39 is 22.9 Å². The van der Waals surface area contributed by atoms with Crippen LogP contribution in [-0.2, 0) is 14.4 Å². The highest BCUT2D eigenvalue weighted by molar-refractivity contribution is 5.98. The molecule has 2 N–H and O–H groups in total. The molecule has 0 rings (SSSR count). The van der Waals surface area contributed by atoms with Gasteiger partial charge in [-0.25, -0.2) is 4.79 Å². The summed E-state index contributed by atoms with van der Waals surface area (Å²) in [7, 11) is 0. The zero-order chi connectivity index (χ0) is 12.2. The first-order valence-corrected chi connectivity index (χ1v) is 4.43. The predicted molar refractivity (Wildman–Crippen MR) is 52.4 cm³/mol. The lowest BCUT2D eigenvalue weighted by Gasteiger charge is -2.23. The molecular weight excluding hydrogens is 200 g/mol. The Morgan fingerprint density at radius 3 is 2.00 bits per heavy atom. The number of ketones is 1. The summed E-state index contributed by atoms with van der Waals surface area (Å²) < 4.78 is 0. The lowest BCUT2D eigenvalue weighted by atomic mass is 9.78. The summed E-state index contributed by atoms with van der Waals surface area (Å²) >= 11 is 0. The summed E-state index contributed by atoms with van der Waals surface area (Å²) in [4.78, 5) is 32.7. The number of hydrogen-bond donors (Lipinski definition) is 2. The lowest BCUT2D eigenvalue weighted by Crippen LogP contribution is -2.35. The number of rotatable bonds is 6. The highest BCUT2D eigenvalue weighted by Gasteiger charge is 2.41. The molecule has 0 heterocycles. The summed E-state index contributed by atoms with van der Waals surface area (Å²) in [6.07, 6.45) is -0.167. The third-order valence-electron chi connectivity index (χ3n) is 2.34. The summed E-state index contributed by atoms with van der Waals surface area (Å²) in [5, 5.41) is 17.6. The fourth-order valence-electron chi connectivity index (χ4n) is 1.07. The Labute approximate surface area is 87.4 Å². The highest BCUT2D eigenvalue weighted by atomic mass is 16.4. The maximum atomic E-state index is 11.2. The molecule has 0 aliphatic carbocycles. The van der Waals surface area contributed by atoms with E-state index in [-0.39, 0.29) is 18.6 Å². The van der Waals surface area contributed by atoms with Crippen molar-refractivity contribution in [3.63, 3.8) is 0 Å². The summed E-state index contributed by atoms with van der Waals surface area (Å²) in [6, 6.07) is 0. The van der Waals surface area contributed by atoms with E-state index in [1.54, 1.807) is 6.92 Å². The molecule has 0 saturated heterocycles. The van der Waals surface area contributed by atoms with Gasteiger partial charge in [0, 0.05) is 18.4 Å². The number of hydrogen-bond acceptors (Lipinski definition) is 3. The topological polar surface area (TPSA) is 91.7 Å². The SMILES string of the molecule is C=C(C(=O)O)C(C)(CC(=O)CC)C(=O)O. The van der Waals surface area contributed by atoms with Gasteiger partial charge in [0.05, 0.1) is 0 Å². The maximum Gasteiger partial charge on any atom is 0.332 e. The standard InChI is InChI=1S/C10H14O5/c1-4-7(11)5-10(3,9(14)15)6(2)8(12)13/h2,4-5H2,1,3H3,(H,12,13)(H,14,15). The lowest BCUT2D eigenvalue weighted by molar-refractivity contribution is -0.151. The van der Waals surface area contributed by atoms with Gasteiger partial charge in [-0.3, -0.25) is 9.59 Å². The smallest absolute Gasteiger partial charge is 0.332 e. The molecule has 0 aromatic heterocycles. The number of Topliss-reactive ketones (excluding diaryl/α,β-unsaturated/α-hetero) is 1. The van der Waals surface area contributed by atoms with Crippen molar-refractivity contribution in [3.05, 3.63) is 12.2 Å². The van der Waals surface area contributed by atoms with Crippen LogP contribution in [0.5, 0.6) is 0 Å². The molecule has 0 radical (unpaired) electrons. The van der Waals surface area contributed by atoms with Crippen molar-refractivity contribution in [2.75, 3.05) is 0 Å². The van der Waals surface area contributed by atoms with Gasteiger partial charge in [0.1, 0.15) is 11.2 Å². The summed E-state index contributed by atoms with van der Waals surface area (Å²) in [6.45, 7) is 5.99. The van der Waals surface area contributed by atoms with Crippen LogP contribution >= 0.6 is 0 Å². The normalized spacial score (nSPS) is 14.0. The van der Waals surface area contributed by atoms with Crippen LogP contribution in [0.3, 0.4) is 0 Å². The molecular formula is C10H14O5. The van der Waals surface area contributed by atoms with Crippen LogP contribution in [0.15, 0.2) is 12.2 Å². The van der Waals surface area contributed by atoms with Gasteiger partial charge >= 0.3 is 11.9 Å². The van der Waals surface area contributed by atoms with Crippen molar-refractivity contribution in [1.82, 2.24) is 0 Å². The van der Waals surface area contributed by atoms with E-state index in [2.05, 4.69) is 6.58 Å². The second kappa shape index (κ2) is 4.72. The van der Waals surface area contributed by atoms with Gasteiger partial charge in [-0.05, 0) is 6.92 Å². The van der Waals surface area contributed by atoms with Crippen molar-refractivity contribution in [2.45, 2.75) is 26.7 Å². The van der Waals surface area contributed by atoms with E-state index >= 15 is 0 Å². The summed E-state index contributed by atoms with van der Waals surface area (Å²) in [5.41, 5.74) is -2.20. The first-order chi connectivity index (χ1) is 6.75. The van der Waals surface area contributed by atoms with Crippen molar-refractivity contribution >= 4 is 17.7 Å². The zero-order valence-corrected chi connectivity index (χ0v) is 8.74. The van der Waals surface area contributed by atoms with Gasteiger partial charge in [-0.1, -0.05) is 13.5 Å². The molecule has 0 saturated carbocycles. The Morgan fingerprint density at radius 1 is 1.27 bits per heavy atom. The Kier molecular flexibility index (Phi) is 4.21. The van der Waals surface area contributed by atoms with Gasteiger partial charge in [-0.2, -0.15) is 0 Å². The molecule has 0 amide bonds. The largest absolute Gasteiger partial charge is 0.481 e. The van der Waals surface area contributed by atoms with Gasteiger partial charge in [0.2, 0.25) is 0 Å². The molecule has 0 aromatic carbocycles. The monoisotopic (exact) mass is 214 g/mol. The zero-order valence-electron chi connectivity index (χ0n) is 8.74. The van der Waals surface area contributed by atoms with Crippen LogP contribution < -0.4 is 0 Å². The van der Waals surface area contributed by atoms with E-state index in [0.717, 1.165) is 0 Å². The molecule has 5 nitrogen and oxygen atoms in total. The first kappa shape index (κ1) is 13.4. The molecule has 84 valence electrons. The van der Waals surface area contributed by atoms with Crippen LogP contribution in [0.1, 0.15) is 26.7 Å². The average Bonchev–Trinajstić information content (AvgIpc) is 2.15. The van der Waals surface area contributed by atoms with Crippen molar-refractivity contribution in [1.29, 1.82) is 0 Å². The number of carbonyl (C=O) groups excluding carboxylic acids is 1. The van der Waals surface area contributed by atoms with Gasteiger partial charge in [0.15, 0.2) is 0 Å². The van der Waals surface area contributed by atoms with E-state index in [0.29, 0.717) is 0 Å². The molecule has 15 heavy (non-hydrogen) atoms. The van der Waals surface area contributed by atoms with Crippen molar-refractivity contribution in [2.24, 2.45) is 5.41 Å². The third-order valence-corrected chi connectivity index (χ3v) is 2.34. The van der Waals surface area contributed by atoms with E-state index in [9.17, 15) is 14.4 Å².